The van der Waals surface area contributed by atoms with Gasteiger partial charge in [-0.3, -0.25) is 13.9 Å². The van der Waals surface area contributed by atoms with E-state index in [-0.39, 0.29) is 44.6 Å². The number of H-pyrrole nitrogens is 1. The molecular weight excluding hydrogens is 606 g/mol. The van der Waals surface area contributed by atoms with E-state index in [1.165, 1.54) is 55.5 Å². The normalized spacial score (nSPS) is 12.3. The number of phenols is 1. The topological polar surface area (TPSA) is 249 Å². The number of nitrogens with zero attached hydrogens (tertiary/aromatic N) is 3. The Labute approximate surface area is 242 Å². The number of carboxylic acid groups (broad SMARTS) is 1. The van der Waals surface area contributed by atoms with Gasteiger partial charge in [0.05, 0.1) is 22.0 Å². The number of hydrogen-bond acceptors (Lipinski definition) is 10. The maximum Gasteiger partial charge on any atom is 0.338 e. The van der Waals surface area contributed by atoms with E-state index < -0.39 is 58.9 Å². The number of azo groups is 1. The van der Waals surface area contributed by atoms with E-state index in [0.29, 0.717) is 0 Å². The van der Waals surface area contributed by atoms with Crippen LogP contribution >= 0.6 is 0 Å². The maximum absolute atomic E-state index is 12.3. The summed E-state index contributed by atoms with van der Waals surface area (Å²) in [6.07, 6.45) is 0. The van der Waals surface area contributed by atoms with Crippen LogP contribution in [-0.2, 0) is 25.0 Å². The molecule has 0 fully saturated rings. The monoisotopic (exact) mass is 625 g/mol. The molecule has 0 aliphatic carbocycles. The summed E-state index contributed by atoms with van der Waals surface area (Å²) >= 11 is 0. The third kappa shape index (κ3) is 5.64. The Balaban J connectivity index is 1.74. The van der Waals surface area contributed by atoms with Crippen molar-refractivity contribution < 1.29 is 45.7 Å². The first kappa shape index (κ1) is 29.3. The number of aromatic carboxylic acids is 1. The fourth-order valence-corrected chi connectivity index (χ4v) is 5.75. The van der Waals surface area contributed by atoms with E-state index in [1.54, 1.807) is 0 Å². The van der Waals surface area contributed by atoms with Gasteiger partial charge in [0, 0.05) is 18.2 Å². The van der Waals surface area contributed by atoms with E-state index in [4.69, 9.17) is 0 Å². The molecule has 0 saturated heterocycles. The first-order valence-electron chi connectivity index (χ1n) is 11.9. The van der Waals surface area contributed by atoms with E-state index in [0.717, 1.165) is 12.1 Å². The lowest BCUT2D eigenvalue weighted by atomic mass is 10.1. The van der Waals surface area contributed by atoms with Crippen LogP contribution in [0, 0.1) is 0 Å². The number of nitrogens with one attached hydrogen (secondary N) is 2. The molecule has 0 aliphatic heterocycles. The minimum Gasteiger partial charge on any atom is -0.505 e. The molecule has 1 heterocycles. The lowest BCUT2D eigenvalue weighted by Crippen LogP contribution is -2.07. The van der Waals surface area contributed by atoms with E-state index in [1.807, 2.05) is 0 Å². The number of carboxylic acids is 1. The highest BCUT2D eigenvalue weighted by atomic mass is 32.2. The molecule has 43 heavy (non-hydrogen) atoms. The van der Waals surface area contributed by atoms with Crippen LogP contribution in [0.3, 0.4) is 0 Å². The van der Waals surface area contributed by atoms with Crippen LogP contribution in [0.25, 0.3) is 33.2 Å². The summed E-state index contributed by atoms with van der Waals surface area (Å²) < 4.78 is 68.0. The second-order valence-corrected chi connectivity index (χ2v) is 11.9. The summed E-state index contributed by atoms with van der Waals surface area (Å²) in [6.45, 7) is 1.22. The molecule has 0 bridgehead atoms. The standard InChI is InChI=1S/C26H19N5O10S2/c1-12(32)27-14-7-9-17(16(11-14)26(34)35)30-31-23-20(43(39,40)41)10-13-6-8-18-22(21(13)24(23)33)29-25(28-18)15-4-2-3-5-19(15)42(36,37)38/h2-11,33H,1H3,(H,27,32)(H,28,29)(H,34,35)(H,36,37,38)(H,39,40,41)/b31-30+. The number of carbonyl (C=O) groups is 2. The van der Waals surface area contributed by atoms with E-state index >= 15 is 0 Å². The maximum atomic E-state index is 12.3. The van der Waals surface area contributed by atoms with Gasteiger partial charge < -0.3 is 20.5 Å². The fraction of sp³-hybridized carbons (Fsp3) is 0.0385. The van der Waals surface area contributed by atoms with Crippen molar-refractivity contribution in [2.45, 2.75) is 16.7 Å². The molecule has 15 nitrogen and oxygen atoms in total. The Kier molecular flexibility index (Phi) is 7.18. The zero-order chi connectivity index (χ0) is 31.3. The molecule has 1 aromatic heterocycles. The van der Waals surface area contributed by atoms with Gasteiger partial charge in [0.25, 0.3) is 20.2 Å². The minimum absolute atomic E-state index is 0.00668. The Hall–Kier alpha value is -5.23. The number of aromatic hydroxyl groups is 1. The van der Waals surface area contributed by atoms with E-state index in [9.17, 15) is 45.7 Å². The highest BCUT2D eigenvalue weighted by Crippen LogP contribution is 2.44. The van der Waals surface area contributed by atoms with Crippen molar-refractivity contribution in [3.63, 3.8) is 0 Å². The van der Waals surface area contributed by atoms with Gasteiger partial charge in [0.2, 0.25) is 5.91 Å². The number of benzene rings is 4. The van der Waals surface area contributed by atoms with Gasteiger partial charge in [0.15, 0.2) is 5.75 Å². The molecule has 0 aliphatic rings. The Morgan fingerprint density at radius 2 is 1.60 bits per heavy atom. The van der Waals surface area contributed by atoms with Gasteiger partial charge in [-0.15, -0.1) is 10.2 Å². The van der Waals surface area contributed by atoms with Gasteiger partial charge in [0.1, 0.15) is 27.0 Å². The van der Waals surface area contributed by atoms with Crippen molar-refractivity contribution in [3.05, 3.63) is 66.2 Å². The number of phenolic OH excluding ortho intramolecular Hbond substituents is 1. The molecule has 5 rings (SSSR count). The smallest absolute Gasteiger partial charge is 0.338 e. The second kappa shape index (κ2) is 10.6. The summed E-state index contributed by atoms with van der Waals surface area (Å²) in [6, 6.07) is 12.9. The van der Waals surface area contributed by atoms with Gasteiger partial charge in [-0.05, 0) is 47.9 Å². The Morgan fingerprint density at radius 1 is 0.907 bits per heavy atom. The summed E-state index contributed by atoms with van der Waals surface area (Å²) in [4.78, 5) is 29.1. The number of imidazole rings is 1. The van der Waals surface area contributed by atoms with Gasteiger partial charge in [-0.2, -0.15) is 16.8 Å². The van der Waals surface area contributed by atoms with Crippen LogP contribution in [0.5, 0.6) is 5.75 Å². The SMILES string of the molecule is CC(=O)Nc1ccc(/N=N/c2c(S(=O)(=O)O)cc3ccc4nc(-c5ccccc5S(=O)(=O)O)[nH]c4c3c2O)c(C(=O)O)c1. The van der Waals surface area contributed by atoms with Crippen LogP contribution in [0.1, 0.15) is 17.3 Å². The van der Waals surface area contributed by atoms with Crippen molar-refractivity contribution in [2.24, 2.45) is 10.2 Å². The summed E-state index contributed by atoms with van der Waals surface area (Å²) in [5.74, 6) is -2.71. The van der Waals surface area contributed by atoms with E-state index in [2.05, 4.69) is 25.5 Å². The van der Waals surface area contributed by atoms with Gasteiger partial charge in [-0.1, -0.05) is 18.2 Å². The molecule has 0 radical (unpaired) electrons. The summed E-state index contributed by atoms with van der Waals surface area (Å²) in [7, 11) is -9.65. The molecule has 6 N–H and O–H groups in total. The quantitative estimate of drug-likeness (QED) is 0.107. The molecule has 4 aromatic carbocycles. The Bertz CT molecular complexity index is 2240. The number of rotatable bonds is 7. The van der Waals surface area contributed by atoms with Gasteiger partial charge >= 0.3 is 5.97 Å². The van der Waals surface area contributed by atoms with Crippen LogP contribution < -0.4 is 5.32 Å². The fourth-order valence-electron chi connectivity index (χ4n) is 4.40. The zero-order valence-corrected chi connectivity index (χ0v) is 23.3. The van der Waals surface area contributed by atoms with Crippen LogP contribution in [0.2, 0.25) is 0 Å². The van der Waals surface area contributed by atoms with Crippen LogP contribution in [0.4, 0.5) is 17.1 Å². The molecule has 17 heteroatoms. The molecule has 0 unspecified atom stereocenters. The van der Waals surface area contributed by atoms with Crippen molar-refractivity contribution >= 4 is 71.0 Å². The second-order valence-electron chi connectivity index (χ2n) is 9.08. The predicted molar refractivity (Wildman–Crippen MR) is 152 cm³/mol. The number of fused-ring (bicyclic) bond motifs is 3. The summed E-state index contributed by atoms with van der Waals surface area (Å²) in [5, 5.41) is 31.0. The summed E-state index contributed by atoms with van der Waals surface area (Å²) in [5.41, 5.74) is -0.963. The molecular formula is C26H19N5O10S2. The van der Waals surface area contributed by atoms with Crippen LogP contribution in [0.15, 0.2) is 80.7 Å². The third-order valence-electron chi connectivity index (χ3n) is 6.18. The number of anilines is 1. The van der Waals surface area contributed by atoms with Crippen molar-refractivity contribution in [3.8, 4) is 17.1 Å². The number of aromatic nitrogens is 2. The average molecular weight is 626 g/mol. The Morgan fingerprint density at radius 3 is 2.26 bits per heavy atom. The first-order chi connectivity index (χ1) is 20.1. The molecule has 5 aromatic rings. The number of aromatic amines is 1. The lowest BCUT2D eigenvalue weighted by Gasteiger charge is -2.10. The molecule has 0 atom stereocenters. The predicted octanol–water partition coefficient (Wildman–Crippen LogP) is 4.65. The van der Waals surface area contributed by atoms with Crippen LogP contribution in [-0.4, -0.2) is 58.0 Å². The first-order valence-corrected chi connectivity index (χ1v) is 14.8. The van der Waals surface area contributed by atoms with Crippen molar-refractivity contribution in [2.75, 3.05) is 5.32 Å². The highest BCUT2D eigenvalue weighted by molar-refractivity contribution is 7.86. The highest BCUT2D eigenvalue weighted by Gasteiger charge is 2.25. The number of hydrogen-bond donors (Lipinski definition) is 6. The average Bonchev–Trinajstić information content (AvgIpc) is 3.35. The lowest BCUT2D eigenvalue weighted by molar-refractivity contribution is -0.114. The zero-order valence-electron chi connectivity index (χ0n) is 21.7. The van der Waals surface area contributed by atoms with Crippen molar-refractivity contribution in [1.29, 1.82) is 0 Å². The number of amides is 1. The van der Waals surface area contributed by atoms with Gasteiger partial charge in [-0.25, -0.2) is 9.78 Å². The number of carbonyl (C=O) groups excluding carboxylic acids is 1. The largest absolute Gasteiger partial charge is 0.505 e. The molecule has 220 valence electrons. The third-order valence-corrected chi connectivity index (χ3v) is 7.95. The minimum atomic E-state index is -5.01. The molecule has 0 spiro atoms. The molecule has 0 saturated carbocycles. The van der Waals surface area contributed by atoms with Crippen molar-refractivity contribution in [1.82, 2.24) is 9.97 Å². The molecule has 1 amide bonds.